The Morgan fingerprint density at radius 1 is 1.44 bits per heavy atom. The number of hydrogen-bond donors (Lipinski definition) is 0. The fraction of sp³-hybridized carbons (Fsp3) is 0.923. The first-order valence-corrected chi connectivity index (χ1v) is 6.43. The molecule has 0 radical (unpaired) electrons. The molecule has 3 heteroatoms. The molecule has 3 atom stereocenters. The summed E-state index contributed by atoms with van der Waals surface area (Å²) >= 11 is 0. The van der Waals surface area contributed by atoms with Crippen molar-refractivity contribution in [1.29, 1.82) is 0 Å². The summed E-state index contributed by atoms with van der Waals surface area (Å²) in [5.41, 5.74) is -0.217. The van der Waals surface area contributed by atoms with Crippen LogP contribution in [0.4, 0.5) is 0 Å². The molecule has 0 bridgehead atoms. The highest BCUT2D eigenvalue weighted by Crippen LogP contribution is 2.31. The van der Waals surface area contributed by atoms with Crippen molar-refractivity contribution < 1.29 is 9.53 Å². The van der Waals surface area contributed by atoms with Gasteiger partial charge in [-0.05, 0) is 32.1 Å². The van der Waals surface area contributed by atoms with Crippen LogP contribution >= 0.6 is 0 Å². The fourth-order valence-corrected chi connectivity index (χ4v) is 2.88. The first-order chi connectivity index (χ1) is 7.65. The number of rotatable bonds is 3. The lowest BCUT2D eigenvalue weighted by Gasteiger charge is -2.40. The number of nitrogens with zero attached hydrogens (tertiary/aromatic N) is 1. The van der Waals surface area contributed by atoms with E-state index in [9.17, 15) is 4.79 Å². The summed E-state index contributed by atoms with van der Waals surface area (Å²) in [5.74, 6) is 0.766. The van der Waals surface area contributed by atoms with Crippen molar-refractivity contribution >= 4 is 6.29 Å². The van der Waals surface area contributed by atoms with Gasteiger partial charge in [-0.25, -0.2) is 0 Å². The van der Waals surface area contributed by atoms with E-state index < -0.39 is 0 Å². The molecular weight excluding hydrogens is 202 g/mol. The van der Waals surface area contributed by atoms with Crippen LogP contribution in [0.2, 0.25) is 0 Å². The topological polar surface area (TPSA) is 29.5 Å². The lowest BCUT2D eigenvalue weighted by Crippen LogP contribution is -2.48. The van der Waals surface area contributed by atoms with Crippen molar-refractivity contribution in [3.8, 4) is 0 Å². The van der Waals surface area contributed by atoms with Gasteiger partial charge in [0.1, 0.15) is 6.29 Å². The largest absolute Gasteiger partial charge is 0.380 e. The first kappa shape index (κ1) is 12.1. The lowest BCUT2D eigenvalue weighted by atomic mass is 9.86. The van der Waals surface area contributed by atoms with Crippen molar-refractivity contribution in [3.63, 3.8) is 0 Å². The van der Waals surface area contributed by atoms with Gasteiger partial charge in [0.05, 0.1) is 12.0 Å². The number of ether oxygens (including phenoxy) is 1. The van der Waals surface area contributed by atoms with Crippen LogP contribution in [0, 0.1) is 11.3 Å². The Bertz CT molecular complexity index is 248. The highest BCUT2D eigenvalue weighted by Gasteiger charge is 2.38. The highest BCUT2D eigenvalue weighted by atomic mass is 16.5. The van der Waals surface area contributed by atoms with Gasteiger partial charge in [0, 0.05) is 25.7 Å². The molecule has 0 amide bonds. The maximum Gasteiger partial charge on any atom is 0.129 e. The molecule has 0 aromatic carbocycles. The van der Waals surface area contributed by atoms with E-state index in [-0.39, 0.29) is 5.41 Å². The van der Waals surface area contributed by atoms with Gasteiger partial charge in [-0.15, -0.1) is 0 Å². The van der Waals surface area contributed by atoms with E-state index in [1.54, 1.807) is 0 Å². The molecular formula is C13H23NO2. The SMILES string of the molecule is CC1CCC(C)N(CC2(C=O)CCOC2)C1. The minimum Gasteiger partial charge on any atom is -0.380 e. The second-order valence-corrected chi connectivity index (χ2v) is 5.74. The molecule has 16 heavy (non-hydrogen) atoms. The number of aldehydes is 1. The molecule has 0 spiro atoms. The highest BCUT2D eigenvalue weighted by molar-refractivity contribution is 5.60. The fourth-order valence-electron chi connectivity index (χ4n) is 2.88. The minimum atomic E-state index is -0.217. The van der Waals surface area contributed by atoms with E-state index in [1.807, 2.05) is 0 Å². The van der Waals surface area contributed by atoms with Crippen LogP contribution in [-0.2, 0) is 9.53 Å². The molecule has 0 aliphatic carbocycles. The van der Waals surface area contributed by atoms with Crippen molar-refractivity contribution in [2.75, 3.05) is 26.3 Å². The van der Waals surface area contributed by atoms with Crippen LogP contribution in [0.1, 0.15) is 33.1 Å². The van der Waals surface area contributed by atoms with E-state index in [0.29, 0.717) is 12.6 Å². The zero-order valence-electron chi connectivity index (χ0n) is 10.4. The van der Waals surface area contributed by atoms with Crippen LogP contribution in [0.25, 0.3) is 0 Å². The molecule has 92 valence electrons. The van der Waals surface area contributed by atoms with Gasteiger partial charge in [0.2, 0.25) is 0 Å². The Labute approximate surface area is 98.1 Å². The maximum absolute atomic E-state index is 11.3. The zero-order valence-corrected chi connectivity index (χ0v) is 10.4. The molecule has 0 aromatic rings. The molecule has 2 heterocycles. The van der Waals surface area contributed by atoms with Gasteiger partial charge in [-0.1, -0.05) is 6.92 Å². The standard InChI is InChI=1S/C13H23NO2/c1-11-3-4-12(2)14(7-11)8-13(9-15)5-6-16-10-13/h9,11-12H,3-8,10H2,1-2H3. The summed E-state index contributed by atoms with van der Waals surface area (Å²) in [6.07, 6.45) is 4.61. The Morgan fingerprint density at radius 3 is 2.88 bits per heavy atom. The predicted molar refractivity (Wildman–Crippen MR) is 63.4 cm³/mol. The molecule has 2 saturated heterocycles. The van der Waals surface area contributed by atoms with Crippen LogP contribution in [-0.4, -0.2) is 43.5 Å². The Morgan fingerprint density at radius 2 is 2.25 bits per heavy atom. The Hall–Kier alpha value is -0.410. The average molecular weight is 225 g/mol. The average Bonchev–Trinajstić information content (AvgIpc) is 2.73. The molecule has 0 saturated carbocycles. The quantitative estimate of drug-likeness (QED) is 0.685. The third kappa shape index (κ3) is 2.46. The summed E-state index contributed by atoms with van der Waals surface area (Å²) in [4.78, 5) is 13.8. The molecule has 0 N–H and O–H groups in total. The molecule has 3 unspecified atom stereocenters. The third-order valence-electron chi connectivity index (χ3n) is 4.15. The Kier molecular flexibility index (Phi) is 3.65. The summed E-state index contributed by atoms with van der Waals surface area (Å²) in [6.45, 7) is 7.97. The smallest absolute Gasteiger partial charge is 0.129 e. The number of likely N-dealkylation sites (tertiary alicyclic amines) is 1. The number of hydrogen-bond acceptors (Lipinski definition) is 3. The van der Waals surface area contributed by atoms with Crippen LogP contribution < -0.4 is 0 Å². The Balaban J connectivity index is 1.98. The van der Waals surface area contributed by atoms with Crippen LogP contribution in [0.3, 0.4) is 0 Å². The molecule has 2 aliphatic rings. The molecule has 2 aliphatic heterocycles. The molecule has 2 fully saturated rings. The number of carbonyl (C=O) groups excluding carboxylic acids is 1. The van der Waals surface area contributed by atoms with Crippen LogP contribution in [0.15, 0.2) is 0 Å². The van der Waals surface area contributed by atoms with Crippen molar-refractivity contribution in [3.05, 3.63) is 0 Å². The lowest BCUT2D eigenvalue weighted by molar-refractivity contribution is -0.118. The van der Waals surface area contributed by atoms with Gasteiger partial charge in [0.25, 0.3) is 0 Å². The van der Waals surface area contributed by atoms with Gasteiger partial charge < -0.3 is 9.53 Å². The maximum atomic E-state index is 11.3. The van der Waals surface area contributed by atoms with E-state index in [0.717, 1.165) is 38.3 Å². The molecule has 3 nitrogen and oxygen atoms in total. The summed E-state index contributed by atoms with van der Waals surface area (Å²) in [6, 6.07) is 0.619. The van der Waals surface area contributed by atoms with Crippen LogP contribution in [0.5, 0.6) is 0 Å². The second-order valence-electron chi connectivity index (χ2n) is 5.74. The minimum absolute atomic E-state index is 0.217. The van der Waals surface area contributed by atoms with Crippen molar-refractivity contribution in [2.45, 2.75) is 39.2 Å². The molecule has 0 aromatic heterocycles. The van der Waals surface area contributed by atoms with Gasteiger partial charge in [0.15, 0.2) is 0 Å². The molecule has 2 rings (SSSR count). The van der Waals surface area contributed by atoms with Crippen molar-refractivity contribution in [1.82, 2.24) is 4.90 Å². The first-order valence-electron chi connectivity index (χ1n) is 6.43. The van der Waals surface area contributed by atoms with E-state index in [4.69, 9.17) is 4.74 Å². The van der Waals surface area contributed by atoms with E-state index in [1.165, 1.54) is 12.8 Å². The van der Waals surface area contributed by atoms with Gasteiger partial charge >= 0.3 is 0 Å². The zero-order chi connectivity index (χ0) is 11.6. The van der Waals surface area contributed by atoms with Gasteiger partial charge in [-0.3, -0.25) is 4.90 Å². The summed E-state index contributed by atoms with van der Waals surface area (Å²) in [5, 5.41) is 0. The second kappa shape index (κ2) is 4.84. The normalized spacial score (nSPS) is 41.1. The van der Waals surface area contributed by atoms with E-state index >= 15 is 0 Å². The third-order valence-corrected chi connectivity index (χ3v) is 4.15. The van der Waals surface area contributed by atoms with Gasteiger partial charge in [-0.2, -0.15) is 0 Å². The number of carbonyl (C=O) groups is 1. The summed E-state index contributed by atoms with van der Waals surface area (Å²) in [7, 11) is 0. The monoisotopic (exact) mass is 225 g/mol. The summed E-state index contributed by atoms with van der Waals surface area (Å²) < 4.78 is 5.40. The number of piperidine rings is 1. The van der Waals surface area contributed by atoms with Crippen molar-refractivity contribution in [2.24, 2.45) is 11.3 Å². The predicted octanol–water partition coefficient (Wildman–Crippen LogP) is 1.71. The van der Waals surface area contributed by atoms with E-state index in [2.05, 4.69) is 18.7 Å².